The molecule has 2 fully saturated rings. The zero-order valence-electron chi connectivity index (χ0n) is 21.8. The molecule has 0 atom stereocenters. The molecule has 0 N–H and O–H groups in total. The second-order valence-corrected chi connectivity index (χ2v) is 9.79. The topological polar surface area (TPSA) is 86.8 Å². The van der Waals surface area contributed by atoms with E-state index in [9.17, 15) is 10.1 Å². The number of benzene rings is 1. The molecule has 4 aromatic rings. The summed E-state index contributed by atoms with van der Waals surface area (Å²) in [5, 5.41) is 13.9. The largest absolute Gasteiger partial charge is 0.492 e. The van der Waals surface area contributed by atoms with Crippen LogP contribution in [-0.2, 0) is 0 Å². The van der Waals surface area contributed by atoms with Crippen LogP contribution in [0.4, 0.5) is 5.82 Å². The molecular formula is C31H28N6O2. The first-order valence-corrected chi connectivity index (χ1v) is 13.3. The third-order valence-electron chi connectivity index (χ3n) is 7.08. The van der Waals surface area contributed by atoms with Crippen LogP contribution in [0.1, 0.15) is 41.3 Å². The Morgan fingerprint density at radius 2 is 1.95 bits per heavy atom. The van der Waals surface area contributed by atoms with E-state index >= 15 is 0 Å². The number of carbonyl (C=O) groups is 1. The molecule has 0 radical (unpaired) electrons. The lowest BCUT2D eigenvalue weighted by Gasteiger charge is -2.35. The summed E-state index contributed by atoms with van der Waals surface area (Å²) in [4.78, 5) is 22.0. The molecule has 1 saturated carbocycles. The normalized spacial score (nSPS) is 15.0. The van der Waals surface area contributed by atoms with Crippen molar-refractivity contribution in [3.05, 3.63) is 77.7 Å². The predicted molar refractivity (Wildman–Crippen MR) is 148 cm³/mol. The third kappa shape index (κ3) is 5.15. The van der Waals surface area contributed by atoms with Crippen LogP contribution >= 0.6 is 0 Å². The quantitative estimate of drug-likeness (QED) is 0.366. The van der Waals surface area contributed by atoms with Gasteiger partial charge in [-0.15, -0.1) is 0 Å². The van der Waals surface area contributed by atoms with Gasteiger partial charge in [-0.2, -0.15) is 10.4 Å². The van der Waals surface area contributed by atoms with Gasteiger partial charge in [0.15, 0.2) is 0 Å². The molecule has 194 valence electrons. The number of pyridine rings is 2. The number of fused-ring (bicyclic) bond motifs is 1. The van der Waals surface area contributed by atoms with Crippen LogP contribution in [0.5, 0.6) is 5.75 Å². The number of aromatic nitrogens is 3. The average molecular weight is 517 g/mol. The second kappa shape index (κ2) is 10.5. The Labute approximate surface area is 227 Å². The van der Waals surface area contributed by atoms with E-state index in [1.807, 2.05) is 60.5 Å². The molecule has 3 aromatic heterocycles. The number of hydrogen-bond acceptors (Lipinski definition) is 6. The fraction of sp³-hybridized carbons (Fsp3) is 0.290. The van der Waals surface area contributed by atoms with Gasteiger partial charge in [0.2, 0.25) is 0 Å². The van der Waals surface area contributed by atoms with E-state index < -0.39 is 0 Å². The van der Waals surface area contributed by atoms with Gasteiger partial charge in [-0.1, -0.05) is 17.9 Å². The van der Waals surface area contributed by atoms with E-state index in [2.05, 4.69) is 27.9 Å². The highest BCUT2D eigenvalue weighted by Crippen LogP contribution is 2.31. The first kappa shape index (κ1) is 24.5. The maximum absolute atomic E-state index is 13.2. The predicted octanol–water partition coefficient (Wildman–Crippen LogP) is 4.39. The third-order valence-corrected chi connectivity index (χ3v) is 7.08. The molecule has 8 nitrogen and oxygen atoms in total. The lowest BCUT2D eigenvalue weighted by molar-refractivity contribution is 0.0746. The van der Waals surface area contributed by atoms with E-state index in [-0.39, 0.29) is 5.91 Å². The number of rotatable bonds is 5. The number of anilines is 1. The van der Waals surface area contributed by atoms with Crippen LogP contribution in [0.25, 0.3) is 16.6 Å². The standard InChI is InChI=1S/C31H28N6O2/c1-2-39-27-17-28(30-26(18-32)20-34-37(30)21-27)25-10-11-29(33-19-25)35-12-14-36(15-13-35)31(38)24-5-3-4-23(16-24)9-8-22-6-7-22/h3-5,10-11,16-17,19-22H,2,6-7,12-15H2,1H3. The minimum absolute atomic E-state index is 0.0420. The molecule has 1 saturated heterocycles. The Hall–Kier alpha value is -4.82. The van der Waals surface area contributed by atoms with E-state index in [0.29, 0.717) is 55.6 Å². The van der Waals surface area contributed by atoms with Gasteiger partial charge < -0.3 is 14.5 Å². The fourth-order valence-electron chi connectivity index (χ4n) is 4.84. The number of ether oxygens (including phenoxy) is 1. The molecule has 1 aromatic carbocycles. The summed E-state index contributed by atoms with van der Waals surface area (Å²) < 4.78 is 7.40. The first-order chi connectivity index (χ1) is 19.1. The number of nitrogens with zero attached hydrogens (tertiary/aromatic N) is 6. The van der Waals surface area contributed by atoms with Crippen molar-refractivity contribution in [2.45, 2.75) is 19.8 Å². The number of amides is 1. The summed E-state index contributed by atoms with van der Waals surface area (Å²) in [7, 11) is 0. The molecule has 1 amide bonds. The number of hydrogen-bond donors (Lipinski definition) is 0. The molecule has 0 bridgehead atoms. The van der Waals surface area contributed by atoms with Crippen LogP contribution in [-0.4, -0.2) is 58.2 Å². The van der Waals surface area contributed by atoms with Crippen LogP contribution in [0.3, 0.4) is 0 Å². The maximum Gasteiger partial charge on any atom is 0.254 e. The van der Waals surface area contributed by atoms with Crippen molar-refractivity contribution in [2.24, 2.45) is 5.92 Å². The lowest BCUT2D eigenvalue weighted by atomic mass is 10.1. The molecule has 0 spiro atoms. The highest BCUT2D eigenvalue weighted by molar-refractivity contribution is 5.94. The summed E-state index contributed by atoms with van der Waals surface area (Å²) in [5.41, 5.74) is 4.53. The number of piperazine rings is 1. The molecule has 8 heteroatoms. The van der Waals surface area contributed by atoms with Crippen LogP contribution in [0, 0.1) is 29.1 Å². The zero-order chi connectivity index (χ0) is 26.8. The summed E-state index contributed by atoms with van der Waals surface area (Å²) in [6.07, 6.45) is 7.54. The summed E-state index contributed by atoms with van der Waals surface area (Å²) in [5.74, 6) is 8.58. The zero-order valence-corrected chi connectivity index (χ0v) is 21.8. The van der Waals surface area contributed by atoms with E-state index in [1.54, 1.807) is 16.9 Å². The molecule has 0 unspecified atom stereocenters. The number of nitriles is 1. The van der Waals surface area contributed by atoms with Crippen LogP contribution in [0.15, 0.2) is 61.1 Å². The minimum atomic E-state index is 0.0420. The van der Waals surface area contributed by atoms with E-state index in [0.717, 1.165) is 28.0 Å². The van der Waals surface area contributed by atoms with Crippen LogP contribution in [0.2, 0.25) is 0 Å². The molecular weight excluding hydrogens is 488 g/mol. The summed E-state index contributed by atoms with van der Waals surface area (Å²) >= 11 is 0. The fourth-order valence-corrected chi connectivity index (χ4v) is 4.84. The smallest absolute Gasteiger partial charge is 0.254 e. The second-order valence-electron chi connectivity index (χ2n) is 9.79. The average Bonchev–Trinajstić information content (AvgIpc) is 3.73. The van der Waals surface area contributed by atoms with E-state index in [1.165, 1.54) is 12.8 Å². The van der Waals surface area contributed by atoms with Gasteiger partial charge in [0.05, 0.1) is 30.1 Å². The Bertz CT molecular complexity index is 1630. The highest BCUT2D eigenvalue weighted by atomic mass is 16.5. The van der Waals surface area contributed by atoms with Gasteiger partial charge >= 0.3 is 0 Å². The Kier molecular flexibility index (Phi) is 6.61. The Morgan fingerprint density at radius 3 is 2.67 bits per heavy atom. The molecule has 39 heavy (non-hydrogen) atoms. The van der Waals surface area contributed by atoms with Crippen molar-refractivity contribution in [3.63, 3.8) is 0 Å². The van der Waals surface area contributed by atoms with Gasteiger partial charge in [0, 0.05) is 60.5 Å². The molecule has 4 heterocycles. The SMILES string of the molecule is CCOc1cc(-c2ccc(N3CCN(C(=O)c4cccc(C#CC5CC5)c4)CC3)nc2)c2c(C#N)cnn2c1. The minimum Gasteiger partial charge on any atom is -0.492 e. The number of carbonyl (C=O) groups excluding carboxylic acids is 1. The van der Waals surface area contributed by atoms with Gasteiger partial charge in [-0.05, 0) is 56.2 Å². The summed E-state index contributed by atoms with van der Waals surface area (Å²) in [6.45, 7) is 5.11. The first-order valence-electron chi connectivity index (χ1n) is 13.3. The summed E-state index contributed by atoms with van der Waals surface area (Å²) in [6, 6.07) is 15.8. The van der Waals surface area contributed by atoms with Crippen molar-refractivity contribution < 1.29 is 9.53 Å². The molecule has 2 aliphatic rings. The van der Waals surface area contributed by atoms with Gasteiger partial charge in [-0.25, -0.2) is 9.50 Å². The molecule has 1 aliphatic heterocycles. The lowest BCUT2D eigenvalue weighted by Crippen LogP contribution is -2.49. The highest BCUT2D eigenvalue weighted by Gasteiger charge is 2.23. The van der Waals surface area contributed by atoms with Gasteiger partial charge in [0.25, 0.3) is 5.91 Å². The van der Waals surface area contributed by atoms with E-state index in [4.69, 9.17) is 9.72 Å². The van der Waals surface area contributed by atoms with Gasteiger partial charge in [-0.3, -0.25) is 4.79 Å². The molecule has 6 rings (SSSR count). The van der Waals surface area contributed by atoms with Crippen molar-refractivity contribution >= 4 is 17.2 Å². The maximum atomic E-state index is 13.2. The Balaban J connectivity index is 1.15. The van der Waals surface area contributed by atoms with Crippen LogP contribution < -0.4 is 9.64 Å². The van der Waals surface area contributed by atoms with Crippen molar-refractivity contribution in [1.82, 2.24) is 19.5 Å². The monoisotopic (exact) mass is 516 g/mol. The molecule has 1 aliphatic carbocycles. The van der Waals surface area contributed by atoms with Gasteiger partial charge in [0.1, 0.15) is 17.6 Å². The van der Waals surface area contributed by atoms with Crippen molar-refractivity contribution in [3.8, 4) is 34.8 Å². The Morgan fingerprint density at radius 1 is 1.10 bits per heavy atom. The van der Waals surface area contributed by atoms with Crippen molar-refractivity contribution in [1.29, 1.82) is 5.26 Å². The van der Waals surface area contributed by atoms with Crippen molar-refractivity contribution in [2.75, 3.05) is 37.7 Å².